The number of likely N-dealkylation sites (tertiary alicyclic amines) is 1. The molecule has 1 unspecified atom stereocenters. The van der Waals surface area contributed by atoms with Crippen LogP contribution in [0.4, 0.5) is 5.82 Å². The lowest BCUT2D eigenvalue weighted by Gasteiger charge is -2.34. The predicted octanol–water partition coefficient (Wildman–Crippen LogP) is 0.208. The van der Waals surface area contributed by atoms with Gasteiger partial charge in [-0.15, -0.1) is 0 Å². The van der Waals surface area contributed by atoms with Crippen LogP contribution in [0.15, 0.2) is 12.4 Å². The van der Waals surface area contributed by atoms with Crippen molar-refractivity contribution in [1.82, 2.24) is 19.8 Å². The van der Waals surface area contributed by atoms with Gasteiger partial charge in [-0.3, -0.25) is 14.7 Å². The maximum absolute atomic E-state index is 12.5. The van der Waals surface area contributed by atoms with Gasteiger partial charge in [-0.05, 0) is 19.4 Å². The minimum absolute atomic E-state index is 0.101. The van der Waals surface area contributed by atoms with Crippen LogP contribution in [0.3, 0.4) is 0 Å². The van der Waals surface area contributed by atoms with Crippen molar-refractivity contribution in [3.8, 4) is 0 Å². The maximum atomic E-state index is 12.5. The van der Waals surface area contributed by atoms with Crippen LogP contribution in [0.5, 0.6) is 0 Å². The Morgan fingerprint density at radius 3 is 2.92 bits per heavy atom. The summed E-state index contributed by atoms with van der Waals surface area (Å²) in [5.74, 6) is 0.507. The maximum Gasteiger partial charge on any atom is 0.274 e. The van der Waals surface area contributed by atoms with E-state index in [9.17, 15) is 9.90 Å². The molecule has 1 amide bonds. The number of nitrogens with zero attached hydrogens (tertiary/aromatic N) is 4. The number of aromatic nitrogens is 2. The van der Waals surface area contributed by atoms with Crippen LogP contribution in [0.1, 0.15) is 29.8 Å². The molecule has 2 N–H and O–H groups in total. The van der Waals surface area contributed by atoms with Crippen molar-refractivity contribution in [3.63, 3.8) is 0 Å². The predicted molar refractivity (Wildman–Crippen MR) is 93.5 cm³/mol. The van der Waals surface area contributed by atoms with Crippen LogP contribution >= 0.6 is 0 Å². The molecule has 3 heterocycles. The lowest BCUT2D eigenvalue weighted by Crippen LogP contribution is -2.44. The van der Waals surface area contributed by atoms with Crippen molar-refractivity contribution < 1.29 is 14.6 Å². The second kappa shape index (κ2) is 9.07. The van der Waals surface area contributed by atoms with Crippen LogP contribution in [0.25, 0.3) is 0 Å². The molecule has 0 saturated carbocycles. The van der Waals surface area contributed by atoms with Crippen molar-refractivity contribution in [2.24, 2.45) is 0 Å². The summed E-state index contributed by atoms with van der Waals surface area (Å²) < 4.78 is 5.27. The van der Waals surface area contributed by atoms with Gasteiger partial charge in [0.25, 0.3) is 5.91 Å². The highest BCUT2D eigenvalue weighted by Crippen LogP contribution is 2.16. The second-order valence-corrected chi connectivity index (χ2v) is 6.49. The Hall–Kier alpha value is -1.77. The second-order valence-electron chi connectivity index (χ2n) is 6.49. The average Bonchev–Trinajstić information content (AvgIpc) is 2.69. The Morgan fingerprint density at radius 1 is 1.28 bits per heavy atom. The number of ether oxygens (including phenoxy) is 1. The molecule has 8 nitrogen and oxygen atoms in total. The van der Waals surface area contributed by atoms with Crippen molar-refractivity contribution >= 4 is 11.7 Å². The quantitative estimate of drug-likeness (QED) is 0.758. The van der Waals surface area contributed by atoms with E-state index < -0.39 is 0 Å². The molecular weight excluding hydrogens is 322 g/mol. The lowest BCUT2D eigenvalue weighted by molar-refractivity contribution is 0.0299. The smallest absolute Gasteiger partial charge is 0.274 e. The highest BCUT2D eigenvalue weighted by Gasteiger charge is 2.22. The Labute approximate surface area is 148 Å². The van der Waals surface area contributed by atoms with Gasteiger partial charge in [0.15, 0.2) is 0 Å². The number of anilines is 1. The molecule has 2 aliphatic rings. The molecular formula is C17H27N5O3. The summed E-state index contributed by atoms with van der Waals surface area (Å²) in [5, 5.41) is 12.7. The highest BCUT2D eigenvalue weighted by molar-refractivity contribution is 5.92. The number of amides is 1. The number of piperidine rings is 1. The molecule has 0 aromatic carbocycles. The molecule has 2 saturated heterocycles. The van der Waals surface area contributed by atoms with Crippen molar-refractivity contribution in [3.05, 3.63) is 18.1 Å². The molecule has 25 heavy (non-hydrogen) atoms. The van der Waals surface area contributed by atoms with Gasteiger partial charge < -0.3 is 20.1 Å². The van der Waals surface area contributed by atoms with Gasteiger partial charge in [0.1, 0.15) is 11.5 Å². The third-order valence-electron chi connectivity index (χ3n) is 4.82. The number of carbonyl (C=O) groups is 1. The standard InChI is InChI=1S/C17H27N5O3/c23-13-14-3-1-2-5-21(14)6-4-19-16-12-18-11-15(20-16)17(24)22-7-9-25-10-8-22/h11-12,14,23H,1-10,13H2,(H,19,20). The van der Waals surface area contributed by atoms with Crippen molar-refractivity contribution in [2.75, 3.05) is 57.9 Å². The highest BCUT2D eigenvalue weighted by atomic mass is 16.5. The first-order valence-corrected chi connectivity index (χ1v) is 9.06. The number of rotatable bonds is 6. The molecule has 0 aliphatic carbocycles. The van der Waals surface area contributed by atoms with Crippen LogP contribution in [0.2, 0.25) is 0 Å². The summed E-state index contributed by atoms with van der Waals surface area (Å²) in [4.78, 5) is 25.1. The number of aliphatic hydroxyl groups excluding tert-OH is 1. The third-order valence-corrected chi connectivity index (χ3v) is 4.82. The normalized spacial score (nSPS) is 22.0. The molecule has 0 radical (unpaired) electrons. The van der Waals surface area contributed by atoms with Gasteiger partial charge in [-0.2, -0.15) is 0 Å². The van der Waals surface area contributed by atoms with Gasteiger partial charge in [0, 0.05) is 32.2 Å². The first-order valence-electron chi connectivity index (χ1n) is 9.06. The van der Waals surface area contributed by atoms with E-state index in [-0.39, 0.29) is 18.6 Å². The monoisotopic (exact) mass is 349 g/mol. The molecule has 138 valence electrons. The SMILES string of the molecule is O=C(c1cncc(NCCN2CCCCC2CO)n1)N1CCOCC1. The molecule has 1 atom stereocenters. The van der Waals surface area contributed by atoms with Crippen LogP contribution < -0.4 is 5.32 Å². The van der Waals surface area contributed by atoms with Gasteiger partial charge >= 0.3 is 0 Å². The minimum atomic E-state index is -0.101. The van der Waals surface area contributed by atoms with E-state index in [2.05, 4.69) is 20.2 Å². The Morgan fingerprint density at radius 2 is 2.12 bits per heavy atom. The van der Waals surface area contributed by atoms with E-state index in [0.717, 1.165) is 19.5 Å². The zero-order valence-electron chi connectivity index (χ0n) is 14.6. The first-order chi connectivity index (χ1) is 12.3. The van der Waals surface area contributed by atoms with E-state index in [1.165, 1.54) is 19.0 Å². The number of hydrogen-bond donors (Lipinski definition) is 2. The van der Waals surface area contributed by atoms with E-state index in [0.29, 0.717) is 44.4 Å². The van der Waals surface area contributed by atoms with E-state index in [1.54, 1.807) is 11.1 Å². The number of hydrogen-bond acceptors (Lipinski definition) is 7. The van der Waals surface area contributed by atoms with Crippen LogP contribution in [-0.2, 0) is 4.74 Å². The lowest BCUT2D eigenvalue weighted by atomic mass is 10.0. The number of nitrogens with one attached hydrogen (secondary N) is 1. The molecule has 1 aromatic heterocycles. The molecule has 0 spiro atoms. The fourth-order valence-corrected chi connectivity index (χ4v) is 3.37. The Balaban J connectivity index is 1.52. The summed E-state index contributed by atoms with van der Waals surface area (Å²) in [6.45, 7) is 5.11. The zero-order valence-corrected chi connectivity index (χ0v) is 14.6. The molecule has 2 fully saturated rings. The van der Waals surface area contributed by atoms with Gasteiger partial charge in [0.05, 0.1) is 32.2 Å². The first kappa shape index (κ1) is 18.0. The van der Waals surface area contributed by atoms with E-state index in [4.69, 9.17) is 4.74 Å². The zero-order chi connectivity index (χ0) is 17.5. The Kier molecular flexibility index (Phi) is 6.55. The van der Waals surface area contributed by atoms with Crippen molar-refractivity contribution in [2.45, 2.75) is 25.3 Å². The molecule has 0 bridgehead atoms. The van der Waals surface area contributed by atoms with E-state index >= 15 is 0 Å². The molecule has 1 aromatic rings. The average molecular weight is 349 g/mol. The fourth-order valence-electron chi connectivity index (χ4n) is 3.37. The number of aliphatic hydroxyl groups is 1. The summed E-state index contributed by atoms with van der Waals surface area (Å²) in [5.41, 5.74) is 0.359. The topological polar surface area (TPSA) is 90.8 Å². The van der Waals surface area contributed by atoms with Crippen LogP contribution in [-0.4, -0.2) is 89.4 Å². The minimum Gasteiger partial charge on any atom is -0.395 e. The van der Waals surface area contributed by atoms with Crippen LogP contribution in [0, 0.1) is 0 Å². The Bertz CT molecular complexity index is 565. The third kappa shape index (κ3) is 4.87. The fraction of sp³-hybridized carbons (Fsp3) is 0.706. The van der Waals surface area contributed by atoms with Gasteiger partial charge in [0.2, 0.25) is 0 Å². The number of morpholine rings is 1. The van der Waals surface area contributed by atoms with Crippen molar-refractivity contribution in [1.29, 1.82) is 0 Å². The molecule has 3 rings (SSSR count). The summed E-state index contributed by atoms with van der Waals surface area (Å²) in [6, 6.07) is 0.260. The van der Waals surface area contributed by atoms with Gasteiger partial charge in [-0.1, -0.05) is 6.42 Å². The van der Waals surface area contributed by atoms with E-state index in [1.807, 2.05) is 0 Å². The summed E-state index contributed by atoms with van der Waals surface area (Å²) in [6.07, 6.45) is 6.57. The van der Waals surface area contributed by atoms with Gasteiger partial charge in [-0.25, -0.2) is 4.98 Å². The summed E-state index contributed by atoms with van der Waals surface area (Å²) >= 11 is 0. The summed E-state index contributed by atoms with van der Waals surface area (Å²) in [7, 11) is 0. The number of carbonyl (C=O) groups excluding carboxylic acids is 1. The molecule has 8 heteroatoms. The largest absolute Gasteiger partial charge is 0.395 e. The molecule has 2 aliphatic heterocycles.